The van der Waals surface area contributed by atoms with E-state index < -0.39 is 0 Å². The fourth-order valence-electron chi connectivity index (χ4n) is 1.69. The molecule has 0 bridgehead atoms. The van der Waals surface area contributed by atoms with E-state index in [1.807, 2.05) is 27.8 Å². The molecule has 18 heavy (non-hydrogen) atoms. The van der Waals surface area contributed by atoms with E-state index in [0.717, 1.165) is 5.69 Å². The maximum atomic E-state index is 12.4. The molecule has 5 nitrogen and oxygen atoms in total. The van der Waals surface area contributed by atoms with Crippen molar-refractivity contribution < 1.29 is 4.79 Å². The summed E-state index contributed by atoms with van der Waals surface area (Å²) in [6.07, 6.45) is 2.15. The first-order chi connectivity index (χ1) is 8.34. The fraction of sp³-hybridized carbons (Fsp3) is 0.583. The van der Waals surface area contributed by atoms with Gasteiger partial charge in [0.05, 0.1) is 16.7 Å². The highest BCUT2D eigenvalue weighted by Gasteiger charge is 2.22. The number of amides is 1. The van der Waals surface area contributed by atoms with Crippen LogP contribution in [0.2, 0.25) is 0 Å². The lowest BCUT2D eigenvalue weighted by molar-refractivity contribution is 0.0711. The summed E-state index contributed by atoms with van der Waals surface area (Å²) in [4.78, 5) is 14.6. The minimum absolute atomic E-state index is 0.0214. The molecule has 0 aliphatic carbocycles. The highest BCUT2D eigenvalue weighted by molar-refractivity contribution is 7.80. The van der Waals surface area contributed by atoms with Crippen molar-refractivity contribution in [3.8, 4) is 0 Å². The Balaban J connectivity index is 2.89. The molecular formula is C12H20N4OS. The van der Waals surface area contributed by atoms with Crippen molar-refractivity contribution in [1.29, 1.82) is 0 Å². The SMILES string of the molecule is Cc1c(C(=O)N(CCC(N)=S)C(C)C)cnn1C. The van der Waals surface area contributed by atoms with Gasteiger partial charge in [0.2, 0.25) is 0 Å². The molecule has 0 aromatic carbocycles. The normalized spacial score (nSPS) is 10.7. The van der Waals surface area contributed by atoms with E-state index in [-0.39, 0.29) is 11.9 Å². The first kappa shape index (κ1) is 14.6. The van der Waals surface area contributed by atoms with E-state index in [0.29, 0.717) is 23.5 Å². The zero-order chi connectivity index (χ0) is 13.9. The zero-order valence-electron chi connectivity index (χ0n) is 11.3. The summed E-state index contributed by atoms with van der Waals surface area (Å²) in [6, 6.07) is 0.103. The summed E-state index contributed by atoms with van der Waals surface area (Å²) in [5, 5.41) is 4.09. The van der Waals surface area contributed by atoms with E-state index in [4.69, 9.17) is 18.0 Å². The van der Waals surface area contributed by atoms with Crippen LogP contribution in [0.15, 0.2) is 6.20 Å². The summed E-state index contributed by atoms with van der Waals surface area (Å²) in [6.45, 7) is 6.37. The highest BCUT2D eigenvalue weighted by atomic mass is 32.1. The number of carbonyl (C=O) groups excluding carboxylic acids is 1. The Morgan fingerprint density at radius 2 is 2.22 bits per heavy atom. The van der Waals surface area contributed by atoms with Crippen molar-refractivity contribution in [3.63, 3.8) is 0 Å². The second-order valence-electron chi connectivity index (χ2n) is 4.58. The Morgan fingerprint density at radius 3 is 2.61 bits per heavy atom. The van der Waals surface area contributed by atoms with Crippen molar-refractivity contribution >= 4 is 23.1 Å². The van der Waals surface area contributed by atoms with Gasteiger partial charge >= 0.3 is 0 Å². The lowest BCUT2D eigenvalue weighted by Gasteiger charge is -2.26. The maximum Gasteiger partial charge on any atom is 0.257 e. The molecule has 0 aliphatic rings. The minimum atomic E-state index is -0.0214. The van der Waals surface area contributed by atoms with Crippen molar-refractivity contribution in [2.75, 3.05) is 6.54 Å². The van der Waals surface area contributed by atoms with Gasteiger partial charge < -0.3 is 10.6 Å². The molecule has 0 fully saturated rings. The second-order valence-corrected chi connectivity index (χ2v) is 5.10. The largest absolute Gasteiger partial charge is 0.393 e. The topological polar surface area (TPSA) is 64.2 Å². The van der Waals surface area contributed by atoms with E-state index in [1.54, 1.807) is 15.8 Å². The summed E-state index contributed by atoms with van der Waals surface area (Å²) >= 11 is 4.86. The van der Waals surface area contributed by atoms with E-state index >= 15 is 0 Å². The molecule has 1 rings (SSSR count). The number of nitrogens with zero attached hydrogens (tertiary/aromatic N) is 3. The zero-order valence-corrected chi connectivity index (χ0v) is 12.1. The fourth-order valence-corrected chi connectivity index (χ4v) is 1.78. The number of hydrogen-bond acceptors (Lipinski definition) is 3. The average Bonchev–Trinajstić information content (AvgIpc) is 2.58. The van der Waals surface area contributed by atoms with Gasteiger partial charge in [0.25, 0.3) is 5.91 Å². The predicted molar refractivity (Wildman–Crippen MR) is 75.5 cm³/mol. The molecule has 1 amide bonds. The molecule has 2 N–H and O–H groups in total. The van der Waals surface area contributed by atoms with Gasteiger partial charge in [0.15, 0.2) is 0 Å². The lowest BCUT2D eigenvalue weighted by atomic mass is 10.2. The molecule has 1 aromatic rings. The van der Waals surface area contributed by atoms with Crippen LogP contribution >= 0.6 is 12.2 Å². The Morgan fingerprint density at radius 1 is 1.61 bits per heavy atom. The molecule has 1 heterocycles. The van der Waals surface area contributed by atoms with Crippen LogP contribution < -0.4 is 5.73 Å². The van der Waals surface area contributed by atoms with Gasteiger partial charge in [-0.05, 0) is 20.8 Å². The third-order valence-corrected chi connectivity index (χ3v) is 3.15. The van der Waals surface area contributed by atoms with Gasteiger partial charge in [-0.25, -0.2) is 0 Å². The highest BCUT2D eigenvalue weighted by Crippen LogP contribution is 2.12. The summed E-state index contributed by atoms with van der Waals surface area (Å²) in [5.41, 5.74) is 6.99. The molecule has 0 unspecified atom stereocenters. The van der Waals surface area contributed by atoms with Crippen molar-refractivity contribution in [3.05, 3.63) is 17.5 Å². The lowest BCUT2D eigenvalue weighted by Crippen LogP contribution is -2.39. The van der Waals surface area contributed by atoms with Gasteiger partial charge in [0, 0.05) is 31.7 Å². The van der Waals surface area contributed by atoms with Crippen molar-refractivity contribution in [1.82, 2.24) is 14.7 Å². The van der Waals surface area contributed by atoms with E-state index in [9.17, 15) is 4.79 Å². The summed E-state index contributed by atoms with van der Waals surface area (Å²) < 4.78 is 1.69. The predicted octanol–water partition coefficient (Wildman–Crippen LogP) is 1.26. The quantitative estimate of drug-likeness (QED) is 0.816. The smallest absolute Gasteiger partial charge is 0.257 e. The standard InChI is InChI=1S/C12H20N4OS/c1-8(2)16(6-5-11(13)18)12(17)10-7-14-15(4)9(10)3/h7-8H,5-6H2,1-4H3,(H2,13,18). The van der Waals surface area contributed by atoms with Crippen molar-refractivity contribution in [2.24, 2.45) is 12.8 Å². The monoisotopic (exact) mass is 268 g/mol. The van der Waals surface area contributed by atoms with Crippen LogP contribution in [0, 0.1) is 6.92 Å². The number of nitrogens with two attached hydrogens (primary N) is 1. The van der Waals surface area contributed by atoms with Crippen LogP contribution in [-0.4, -0.2) is 38.2 Å². The van der Waals surface area contributed by atoms with Crippen LogP contribution in [0.25, 0.3) is 0 Å². The summed E-state index contributed by atoms with van der Waals surface area (Å²) in [5.74, 6) is -0.0214. The number of aryl methyl sites for hydroxylation is 1. The number of carbonyl (C=O) groups is 1. The van der Waals surface area contributed by atoms with Crippen LogP contribution in [0.4, 0.5) is 0 Å². The molecule has 0 atom stereocenters. The third-order valence-electron chi connectivity index (χ3n) is 2.95. The molecule has 0 spiro atoms. The number of hydrogen-bond donors (Lipinski definition) is 1. The van der Waals surface area contributed by atoms with E-state index in [1.165, 1.54) is 0 Å². The summed E-state index contributed by atoms with van der Waals surface area (Å²) in [7, 11) is 1.82. The van der Waals surface area contributed by atoms with Crippen LogP contribution in [0.5, 0.6) is 0 Å². The second kappa shape index (κ2) is 5.95. The van der Waals surface area contributed by atoms with Gasteiger partial charge in [-0.15, -0.1) is 0 Å². The molecule has 0 saturated heterocycles. The molecular weight excluding hydrogens is 248 g/mol. The molecule has 0 saturated carbocycles. The minimum Gasteiger partial charge on any atom is -0.393 e. The van der Waals surface area contributed by atoms with E-state index in [2.05, 4.69) is 5.10 Å². The maximum absolute atomic E-state index is 12.4. The number of thiocarbonyl (C=S) groups is 1. The van der Waals surface area contributed by atoms with Crippen molar-refractivity contribution in [2.45, 2.75) is 33.2 Å². The van der Waals surface area contributed by atoms with Gasteiger partial charge in [-0.2, -0.15) is 5.10 Å². The Bertz CT molecular complexity index is 453. The first-order valence-corrected chi connectivity index (χ1v) is 6.33. The Kier molecular flexibility index (Phi) is 4.84. The Labute approximate surface area is 113 Å². The molecule has 100 valence electrons. The molecule has 0 aliphatic heterocycles. The van der Waals surface area contributed by atoms with Gasteiger partial charge in [-0.3, -0.25) is 9.48 Å². The van der Waals surface area contributed by atoms with Gasteiger partial charge in [0.1, 0.15) is 0 Å². The molecule has 6 heteroatoms. The van der Waals surface area contributed by atoms with Crippen LogP contribution in [0.3, 0.4) is 0 Å². The molecule has 0 radical (unpaired) electrons. The first-order valence-electron chi connectivity index (χ1n) is 5.92. The van der Waals surface area contributed by atoms with Crippen LogP contribution in [-0.2, 0) is 7.05 Å². The van der Waals surface area contributed by atoms with Crippen LogP contribution in [0.1, 0.15) is 36.3 Å². The van der Waals surface area contributed by atoms with Gasteiger partial charge in [-0.1, -0.05) is 12.2 Å². The Hall–Kier alpha value is -1.43. The average molecular weight is 268 g/mol. The number of rotatable bonds is 5. The third kappa shape index (κ3) is 3.29. The number of aromatic nitrogens is 2. The molecule has 1 aromatic heterocycles.